The van der Waals surface area contributed by atoms with Crippen molar-refractivity contribution < 1.29 is 14.3 Å². The minimum absolute atomic E-state index is 0.386. The predicted octanol–water partition coefficient (Wildman–Crippen LogP) is 3.17. The Labute approximate surface area is 182 Å². The summed E-state index contributed by atoms with van der Waals surface area (Å²) in [5.41, 5.74) is 9.02. The summed E-state index contributed by atoms with van der Waals surface area (Å²) in [6.07, 6.45) is 5.11. The highest BCUT2D eigenvalue weighted by molar-refractivity contribution is 5.97. The van der Waals surface area contributed by atoms with Crippen LogP contribution in [0.2, 0.25) is 0 Å². The fourth-order valence-electron chi connectivity index (χ4n) is 4.43. The number of benzene rings is 1. The molecule has 3 aromatic rings. The van der Waals surface area contributed by atoms with Gasteiger partial charge in [0.2, 0.25) is 5.91 Å². The fourth-order valence-corrected chi connectivity index (χ4v) is 4.43. The smallest absolute Gasteiger partial charge is 0.248 e. The minimum atomic E-state index is -0.386. The Balaban J connectivity index is 1.39. The third kappa shape index (κ3) is 4.73. The van der Waals surface area contributed by atoms with E-state index in [9.17, 15) is 4.79 Å². The number of hydrogen-bond acceptors (Lipinski definition) is 5. The number of aromatic nitrogens is 2. The van der Waals surface area contributed by atoms with Crippen LogP contribution >= 0.6 is 0 Å². The van der Waals surface area contributed by atoms with Gasteiger partial charge in [-0.1, -0.05) is 6.07 Å². The second-order valence-electron chi connectivity index (χ2n) is 8.07. The van der Waals surface area contributed by atoms with Crippen LogP contribution in [0.4, 0.5) is 0 Å². The number of carbonyl (C=O) groups excluding carboxylic acids is 1. The molecule has 7 nitrogen and oxygen atoms in total. The summed E-state index contributed by atoms with van der Waals surface area (Å²) < 4.78 is 13.0. The summed E-state index contributed by atoms with van der Waals surface area (Å²) in [6.45, 7) is 3.51. The van der Waals surface area contributed by atoms with Gasteiger partial charge in [0.05, 0.1) is 25.1 Å². The van der Waals surface area contributed by atoms with E-state index in [1.165, 1.54) is 0 Å². The standard InChI is InChI=1S/C24H30N4O3/c1-30-16-19-5-6-23(31-2)21(26-19)10-13-27-11-8-20(9-12-27)28-14-7-17-3-4-18(24(25)29)15-22(17)28/h3-7,14-15,20H,8-13,16H2,1-2H3,(H2,25,29). The number of pyridine rings is 1. The van der Waals surface area contributed by atoms with Crippen LogP contribution < -0.4 is 10.5 Å². The van der Waals surface area contributed by atoms with Crippen LogP contribution in [-0.2, 0) is 17.8 Å². The number of hydrogen-bond donors (Lipinski definition) is 1. The Hall–Kier alpha value is -2.90. The number of ether oxygens (including phenoxy) is 2. The lowest BCUT2D eigenvalue weighted by Gasteiger charge is -2.33. The molecule has 2 N–H and O–H groups in total. The molecule has 4 rings (SSSR count). The molecule has 1 aliphatic rings. The van der Waals surface area contributed by atoms with Crippen LogP contribution in [0.3, 0.4) is 0 Å². The lowest BCUT2D eigenvalue weighted by atomic mass is 10.0. The van der Waals surface area contributed by atoms with Crippen molar-refractivity contribution in [2.24, 2.45) is 5.73 Å². The molecule has 0 aliphatic carbocycles. The molecule has 164 valence electrons. The van der Waals surface area contributed by atoms with E-state index in [1.807, 2.05) is 24.3 Å². The normalized spacial score (nSPS) is 15.4. The topological polar surface area (TPSA) is 82.6 Å². The first kappa shape index (κ1) is 21.3. The van der Waals surface area contributed by atoms with Gasteiger partial charge in [0.25, 0.3) is 0 Å². The Morgan fingerprint density at radius 3 is 2.68 bits per heavy atom. The molecular formula is C24H30N4O3. The number of likely N-dealkylation sites (tertiary alicyclic amines) is 1. The zero-order chi connectivity index (χ0) is 21.8. The molecule has 3 heterocycles. The molecule has 0 atom stereocenters. The van der Waals surface area contributed by atoms with E-state index < -0.39 is 0 Å². The van der Waals surface area contributed by atoms with Crippen molar-refractivity contribution in [1.82, 2.24) is 14.5 Å². The quantitative estimate of drug-likeness (QED) is 0.603. The molecule has 2 aromatic heterocycles. The van der Waals surface area contributed by atoms with Gasteiger partial charge in [-0.3, -0.25) is 9.78 Å². The van der Waals surface area contributed by atoms with Gasteiger partial charge < -0.3 is 24.7 Å². The molecule has 0 unspecified atom stereocenters. The number of rotatable bonds is 8. The van der Waals surface area contributed by atoms with Crippen LogP contribution in [0.5, 0.6) is 5.75 Å². The highest BCUT2D eigenvalue weighted by Crippen LogP contribution is 2.29. The maximum Gasteiger partial charge on any atom is 0.248 e. The molecule has 0 radical (unpaired) electrons. The summed E-state index contributed by atoms with van der Waals surface area (Å²) in [5, 5.41) is 1.14. The number of fused-ring (bicyclic) bond motifs is 1. The second-order valence-corrected chi connectivity index (χ2v) is 8.07. The summed E-state index contributed by atoms with van der Waals surface area (Å²) in [5.74, 6) is 0.446. The molecule has 0 saturated carbocycles. The van der Waals surface area contributed by atoms with Crippen molar-refractivity contribution in [1.29, 1.82) is 0 Å². The SMILES string of the molecule is COCc1ccc(OC)c(CCN2CCC(n3ccc4ccc(C(N)=O)cc43)CC2)n1. The van der Waals surface area contributed by atoms with Gasteiger partial charge >= 0.3 is 0 Å². The van der Waals surface area contributed by atoms with Crippen molar-refractivity contribution in [3.8, 4) is 5.75 Å². The monoisotopic (exact) mass is 422 g/mol. The Morgan fingerprint density at radius 2 is 1.97 bits per heavy atom. The second kappa shape index (κ2) is 9.49. The maximum absolute atomic E-state index is 11.6. The first-order valence-corrected chi connectivity index (χ1v) is 10.7. The summed E-state index contributed by atoms with van der Waals surface area (Å²) in [6, 6.07) is 12.1. The number of carbonyl (C=O) groups is 1. The van der Waals surface area contributed by atoms with Crippen LogP contribution in [-0.4, -0.2) is 54.2 Å². The van der Waals surface area contributed by atoms with E-state index in [1.54, 1.807) is 20.3 Å². The largest absolute Gasteiger partial charge is 0.495 e. The number of methoxy groups -OCH3 is 2. The summed E-state index contributed by atoms with van der Waals surface area (Å²) in [7, 11) is 3.37. The van der Waals surface area contributed by atoms with Crippen molar-refractivity contribution in [3.63, 3.8) is 0 Å². The predicted molar refractivity (Wildman–Crippen MR) is 120 cm³/mol. The molecule has 0 spiro atoms. The number of piperidine rings is 1. The van der Waals surface area contributed by atoms with Gasteiger partial charge in [0, 0.05) is 56.5 Å². The number of amides is 1. The number of nitrogens with two attached hydrogens (primary N) is 1. The van der Waals surface area contributed by atoms with Gasteiger partial charge in [-0.05, 0) is 48.6 Å². The molecule has 1 amide bonds. The first-order valence-electron chi connectivity index (χ1n) is 10.7. The first-order chi connectivity index (χ1) is 15.1. The summed E-state index contributed by atoms with van der Waals surface area (Å²) >= 11 is 0. The molecule has 1 fully saturated rings. The molecule has 31 heavy (non-hydrogen) atoms. The van der Waals surface area contributed by atoms with Crippen molar-refractivity contribution in [3.05, 3.63) is 59.5 Å². The average Bonchev–Trinajstić information content (AvgIpc) is 3.21. The van der Waals surface area contributed by atoms with E-state index in [0.717, 1.165) is 66.9 Å². The lowest BCUT2D eigenvalue weighted by molar-refractivity contribution is 0.100. The van der Waals surface area contributed by atoms with Crippen molar-refractivity contribution >= 4 is 16.8 Å². The van der Waals surface area contributed by atoms with Crippen LogP contribution in [0.1, 0.15) is 40.6 Å². The van der Waals surface area contributed by atoms with E-state index in [4.69, 9.17) is 20.2 Å². The van der Waals surface area contributed by atoms with E-state index >= 15 is 0 Å². The third-order valence-electron chi connectivity index (χ3n) is 6.13. The Bertz CT molecular complexity index is 1050. The minimum Gasteiger partial charge on any atom is -0.495 e. The van der Waals surface area contributed by atoms with E-state index in [0.29, 0.717) is 18.2 Å². The maximum atomic E-state index is 11.6. The Kier molecular flexibility index (Phi) is 6.53. The van der Waals surface area contributed by atoms with Crippen LogP contribution in [0.15, 0.2) is 42.6 Å². The van der Waals surface area contributed by atoms with E-state index in [2.05, 4.69) is 21.7 Å². The van der Waals surface area contributed by atoms with Gasteiger partial charge in [0.1, 0.15) is 5.75 Å². The van der Waals surface area contributed by atoms with Gasteiger partial charge in [-0.25, -0.2) is 0 Å². The molecule has 1 aromatic carbocycles. The third-order valence-corrected chi connectivity index (χ3v) is 6.13. The van der Waals surface area contributed by atoms with Crippen LogP contribution in [0.25, 0.3) is 10.9 Å². The number of nitrogens with zero attached hydrogens (tertiary/aromatic N) is 3. The Morgan fingerprint density at radius 1 is 1.16 bits per heavy atom. The van der Waals surface area contributed by atoms with Gasteiger partial charge in [-0.2, -0.15) is 0 Å². The lowest BCUT2D eigenvalue weighted by Crippen LogP contribution is -2.36. The highest BCUT2D eigenvalue weighted by atomic mass is 16.5. The van der Waals surface area contributed by atoms with Gasteiger partial charge in [-0.15, -0.1) is 0 Å². The van der Waals surface area contributed by atoms with Crippen LogP contribution in [0, 0.1) is 0 Å². The van der Waals surface area contributed by atoms with E-state index in [-0.39, 0.29) is 5.91 Å². The number of primary amides is 1. The summed E-state index contributed by atoms with van der Waals surface area (Å²) in [4.78, 5) is 18.8. The molecule has 7 heteroatoms. The van der Waals surface area contributed by atoms with Crippen molar-refractivity contribution in [2.45, 2.75) is 31.9 Å². The molecule has 1 saturated heterocycles. The highest BCUT2D eigenvalue weighted by Gasteiger charge is 2.22. The zero-order valence-electron chi connectivity index (χ0n) is 18.2. The van der Waals surface area contributed by atoms with Gasteiger partial charge in [0.15, 0.2) is 0 Å². The van der Waals surface area contributed by atoms with Crippen molar-refractivity contribution in [2.75, 3.05) is 33.9 Å². The zero-order valence-corrected chi connectivity index (χ0v) is 18.2. The molecule has 1 aliphatic heterocycles. The molecule has 0 bridgehead atoms. The average molecular weight is 423 g/mol. The fraction of sp³-hybridized carbons (Fsp3) is 0.417. The molecular weight excluding hydrogens is 392 g/mol.